The summed E-state index contributed by atoms with van der Waals surface area (Å²) in [6.07, 6.45) is 10.3. The van der Waals surface area contributed by atoms with Crippen LogP contribution in [0.25, 0.3) is 22.6 Å². The highest BCUT2D eigenvalue weighted by Gasteiger charge is 2.44. The number of rotatable bonds is 8. The van der Waals surface area contributed by atoms with Crippen LogP contribution in [0.15, 0.2) is 65.9 Å². The number of anilines is 1. The van der Waals surface area contributed by atoms with Gasteiger partial charge in [-0.25, -0.2) is 9.97 Å². The topological polar surface area (TPSA) is 115 Å². The van der Waals surface area contributed by atoms with Crippen LogP contribution in [0.2, 0.25) is 0 Å². The molecule has 6 rings (SSSR count). The number of piperazine rings is 1. The normalized spacial score (nSPS) is 17.4. The van der Waals surface area contributed by atoms with Crippen molar-refractivity contribution in [3.63, 3.8) is 0 Å². The Hall–Kier alpha value is -4.05. The standard InChI is InChI=1S/C29H35N9O/c1-20(2)36-11-13-37(14-12-36)21(3)18-38-19-24(17-33-38)26-34-27(35-39-26)29(9-4-10-29)25-7-5-22(6-8-25)23-15-31-28(30)32-16-23/h5-8,15-17,19-20H,3-4,9-14,18H2,1-2H3,(H2,30,31,32). The van der Waals surface area contributed by atoms with Gasteiger partial charge in [-0.15, -0.1) is 0 Å². The van der Waals surface area contributed by atoms with E-state index in [0.29, 0.717) is 18.5 Å². The van der Waals surface area contributed by atoms with Crippen molar-refractivity contribution in [2.75, 3.05) is 31.9 Å². The number of nitrogens with two attached hydrogens (primary N) is 1. The van der Waals surface area contributed by atoms with Crippen LogP contribution in [-0.4, -0.2) is 71.9 Å². The van der Waals surface area contributed by atoms with Crippen molar-refractivity contribution in [2.24, 2.45) is 0 Å². The van der Waals surface area contributed by atoms with Crippen molar-refractivity contribution < 1.29 is 4.52 Å². The van der Waals surface area contributed by atoms with Crippen LogP contribution in [0.1, 0.15) is 44.5 Å². The van der Waals surface area contributed by atoms with E-state index >= 15 is 0 Å². The monoisotopic (exact) mass is 525 g/mol. The fourth-order valence-corrected chi connectivity index (χ4v) is 5.58. The van der Waals surface area contributed by atoms with E-state index in [9.17, 15) is 0 Å². The first-order chi connectivity index (χ1) is 18.9. The molecule has 10 heteroatoms. The molecular weight excluding hydrogens is 490 g/mol. The first-order valence-corrected chi connectivity index (χ1v) is 13.6. The second kappa shape index (κ2) is 10.3. The van der Waals surface area contributed by atoms with Gasteiger partial charge in [-0.3, -0.25) is 9.58 Å². The van der Waals surface area contributed by atoms with E-state index in [1.54, 1.807) is 18.6 Å². The van der Waals surface area contributed by atoms with Gasteiger partial charge in [0.1, 0.15) is 0 Å². The summed E-state index contributed by atoms with van der Waals surface area (Å²) in [6, 6.07) is 9.05. The fraction of sp³-hybridized carbons (Fsp3) is 0.414. The summed E-state index contributed by atoms with van der Waals surface area (Å²) in [4.78, 5) is 17.9. The zero-order valence-electron chi connectivity index (χ0n) is 22.6. The van der Waals surface area contributed by atoms with Crippen molar-refractivity contribution in [3.8, 4) is 22.6 Å². The Labute approximate surface area is 228 Å². The molecular formula is C29H35N9O. The third-order valence-electron chi connectivity index (χ3n) is 8.22. The maximum absolute atomic E-state index is 5.75. The Morgan fingerprint density at radius 3 is 2.36 bits per heavy atom. The van der Waals surface area contributed by atoms with Gasteiger partial charge >= 0.3 is 0 Å². The molecule has 2 fully saturated rings. The number of aromatic nitrogens is 6. The molecule has 0 radical (unpaired) electrons. The molecule has 1 aromatic carbocycles. The van der Waals surface area contributed by atoms with Crippen LogP contribution in [0.3, 0.4) is 0 Å². The van der Waals surface area contributed by atoms with E-state index in [-0.39, 0.29) is 11.4 Å². The van der Waals surface area contributed by atoms with Crippen molar-refractivity contribution >= 4 is 5.95 Å². The van der Waals surface area contributed by atoms with Crippen LogP contribution in [0, 0.1) is 0 Å². The van der Waals surface area contributed by atoms with Gasteiger partial charge in [-0.2, -0.15) is 10.1 Å². The summed E-state index contributed by atoms with van der Waals surface area (Å²) in [5.41, 5.74) is 10.4. The smallest absolute Gasteiger partial charge is 0.261 e. The Morgan fingerprint density at radius 1 is 1.00 bits per heavy atom. The van der Waals surface area contributed by atoms with Gasteiger partial charge in [0.25, 0.3) is 5.89 Å². The summed E-state index contributed by atoms with van der Waals surface area (Å²) in [6.45, 7) is 13.6. The molecule has 39 heavy (non-hydrogen) atoms. The molecule has 4 heterocycles. The van der Waals surface area contributed by atoms with Gasteiger partial charge in [0.15, 0.2) is 5.82 Å². The predicted molar refractivity (Wildman–Crippen MR) is 149 cm³/mol. The zero-order chi connectivity index (χ0) is 27.0. The number of nitrogens with zero attached hydrogens (tertiary/aromatic N) is 8. The molecule has 2 aliphatic rings. The van der Waals surface area contributed by atoms with Crippen LogP contribution in [0.4, 0.5) is 5.95 Å². The van der Waals surface area contributed by atoms with E-state index < -0.39 is 0 Å². The number of benzene rings is 1. The largest absolute Gasteiger partial charge is 0.371 e. The van der Waals surface area contributed by atoms with Gasteiger partial charge in [-0.1, -0.05) is 42.4 Å². The minimum absolute atomic E-state index is 0.236. The lowest BCUT2D eigenvalue weighted by atomic mass is 9.64. The molecule has 1 aliphatic carbocycles. The molecule has 202 valence electrons. The number of nitrogen functional groups attached to an aromatic ring is 1. The van der Waals surface area contributed by atoms with Gasteiger partial charge in [0.05, 0.1) is 23.7 Å². The lowest BCUT2D eigenvalue weighted by Crippen LogP contribution is -2.48. The number of hydrogen-bond donors (Lipinski definition) is 1. The Bertz CT molecular complexity index is 1430. The van der Waals surface area contributed by atoms with Crippen LogP contribution in [0.5, 0.6) is 0 Å². The van der Waals surface area contributed by atoms with Gasteiger partial charge in [0, 0.05) is 62.1 Å². The van der Waals surface area contributed by atoms with Crippen LogP contribution in [-0.2, 0) is 12.0 Å². The van der Waals surface area contributed by atoms with Gasteiger partial charge in [-0.05, 0) is 37.8 Å². The maximum atomic E-state index is 5.75. The Kier molecular flexibility index (Phi) is 6.64. The average molecular weight is 526 g/mol. The molecule has 2 N–H and O–H groups in total. The van der Waals surface area contributed by atoms with Crippen LogP contribution >= 0.6 is 0 Å². The number of allylic oxidation sites excluding steroid dienone is 1. The highest BCUT2D eigenvalue weighted by atomic mass is 16.5. The SMILES string of the molecule is C=C(Cn1cc(-c2nc(C3(c4ccc(-c5cnc(N)nc5)cc4)CCC3)no2)cn1)N1CCN(C(C)C)CC1. The second-order valence-corrected chi connectivity index (χ2v) is 10.9. The Morgan fingerprint density at radius 2 is 1.72 bits per heavy atom. The molecule has 4 aromatic rings. The molecule has 10 nitrogen and oxygen atoms in total. The van der Waals surface area contributed by atoms with Gasteiger partial charge in [0.2, 0.25) is 5.95 Å². The molecule has 0 amide bonds. The van der Waals surface area contributed by atoms with E-state index in [1.165, 1.54) is 5.56 Å². The zero-order valence-corrected chi connectivity index (χ0v) is 22.6. The van der Waals surface area contributed by atoms with Gasteiger partial charge < -0.3 is 15.2 Å². The van der Waals surface area contributed by atoms with Crippen molar-refractivity contribution in [3.05, 3.63) is 72.7 Å². The van der Waals surface area contributed by atoms with Crippen molar-refractivity contribution in [2.45, 2.75) is 51.1 Å². The fourth-order valence-electron chi connectivity index (χ4n) is 5.58. The molecule has 1 aliphatic heterocycles. The molecule has 0 spiro atoms. The van der Waals surface area contributed by atoms with Crippen LogP contribution < -0.4 is 5.73 Å². The summed E-state index contributed by atoms with van der Waals surface area (Å²) in [5, 5.41) is 8.98. The lowest BCUT2D eigenvalue weighted by molar-refractivity contribution is 0.127. The van der Waals surface area contributed by atoms with E-state index in [0.717, 1.165) is 73.7 Å². The molecule has 0 bridgehead atoms. The highest BCUT2D eigenvalue weighted by molar-refractivity contribution is 5.63. The first-order valence-electron chi connectivity index (χ1n) is 13.6. The number of hydrogen-bond acceptors (Lipinski definition) is 9. The highest BCUT2D eigenvalue weighted by Crippen LogP contribution is 2.48. The molecule has 0 atom stereocenters. The quantitative estimate of drug-likeness (QED) is 0.365. The first kappa shape index (κ1) is 25.2. The summed E-state index contributed by atoms with van der Waals surface area (Å²) >= 11 is 0. The predicted octanol–water partition coefficient (Wildman–Crippen LogP) is 3.98. The van der Waals surface area contributed by atoms with E-state index in [1.807, 2.05) is 10.9 Å². The van der Waals surface area contributed by atoms with Crippen molar-refractivity contribution in [1.29, 1.82) is 0 Å². The third-order valence-corrected chi connectivity index (χ3v) is 8.22. The average Bonchev–Trinajstić information content (AvgIpc) is 3.59. The summed E-state index contributed by atoms with van der Waals surface area (Å²) in [7, 11) is 0. The maximum Gasteiger partial charge on any atom is 0.261 e. The Balaban J connectivity index is 1.14. The molecule has 1 saturated carbocycles. The minimum Gasteiger partial charge on any atom is -0.371 e. The molecule has 0 unspecified atom stereocenters. The minimum atomic E-state index is -0.236. The third kappa shape index (κ3) is 4.92. The van der Waals surface area contributed by atoms with E-state index in [2.05, 4.69) is 74.7 Å². The second-order valence-electron chi connectivity index (χ2n) is 10.9. The van der Waals surface area contributed by atoms with Crippen molar-refractivity contribution in [1.82, 2.24) is 39.7 Å². The summed E-state index contributed by atoms with van der Waals surface area (Å²) in [5.74, 6) is 1.49. The molecule has 3 aromatic heterocycles. The van der Waals surface area contributed by atoms with E-state index in [4.69, 9.17) is 15.2 Å². The summed E-state index contributed by atoms with van der Waals surface area (Å²) < 4.78 is 7.64. The molecule has 1 saturated heterocycles. The lowest BCUT2D eigenvalue weighted by Gasteiger charge is -2.39.